The zero-order valence-corrected chi connectivity index (χ0v) is 14.0. The van der Waals surface area contributed by atoms with E-state index < -0.39 is 0 Å². The monoisotopic (exact) mass is 310 g/mol. The molecule has 0 aliphatic carbocycles. The van der Waals surface area contributed by atoms with Crippen LogP contribution in [0.5, 0.6) is 0 Å². The van der Waals surface area contributed by atoms with Gasteiger partial charge in [-0.25, -0.2) is 4.79 Å². The molecule has 1 aromatic heterocycles. The van der Waals surface area contributed by atoms with Gasteiger partial charge in [0.15, 0.2) is 5.82 Å². The Bertz CT molecular complexity index is 503. The van der Waals surface area contributed by atoms with E-state index in [2.05, 4.69) is 29.3 Å². The first-order chi connectivity index (χ1) is 10.4. The standard InChI is InChI=1S/C15H26N4O3/c1-9(2)6-10(3)16-15(20)19-8-12(21-5)7-13(19)14-17-11(4)18-22-14/h9-10,12-13H,6-8H2,1-5H3,(H,16,20)/t10?,12-,13+/m0/s1. The maximum atomic E-state index is 12.6. The molecule has 0 spiro atoms. The van der Waals surface area contributed by atoms with Gasteiger partial charge in [-0.3, -0.25) is 0 Å². The van der Waals surface area contributed by atoms with Crippen LogP contribution in [0.2, 0.25) is 0 Å². The molecule has 7 heteroatoms. The Morgan fingerprint density at radius 2 is 2.23 bits per heavy atom. The molecular weight excluding hydrogens is 284 g/mol. The normalized spacial score (nSPS) is 23.1. The molecule has 124 valence electrons. The van der Waals surface area contributed by atoms with Gasteiger partial charge in [0.2, 0.25) is 5.89 Å². The van der Waals surface area contributed by atoms with Crippen molar-refractivity contribution in [1.82, 2.24) is 20.4 Å². The van der Waals surface area contributed by atoms with Crippen LogP contribution >= 0.6 is 0 Å². The summed E-state index contributed by atoms with van der Waals surface area (Å²) in [4.78, 5) is 18.6. The fraction of sp³-hybridized carbons (Fsp3) is 0.800. The van der Waals surface area contributed by atoms with E-state index in [-0.39, 0.29) is 24.2 Å². The van der Waals surface area contributed by atoms with Gasteiger partial charge < -0.3 is 19.5 Å². The minimum absolute atomic E-state index is 0.0108. The van der Waals surface area contributed by atoms with Crippen molar-refractivity contribution in [3.63, 3.8) is 0 Å². The number of methoxy groups -OCH3 is 1. The summed E-state index contributed by atoms with van der Waals surface area (Å²) in [6, 6.07) is -0.204. The van der Waals surface area contributed by atoms with E-state index in [4.69, 9.17) is 9.26 Å². The van der Waals surface area contributed by atoms with Gasteiger partial charge in [-0.2, -0.15) is 4.98 Å². The fourth-order valence-corrected chi connectivity index (χ4v) is 2.93. The van der Waals surface area contributed by atoms with Crippen molar-refractivity contribution >= 4 is 6.03 Å². The predicted octanol–water partition coefficient (Wildman–Crippen LogP) is 2.28. The minimum atomic E-state index is -0.225. The van der Waals surface area contributed by atoms with Gasteiger partial charge in [-0.15, -0.1) is 0 Å². The van der Waals surface area contributed by atoms with Gasteiger partial charge in [-0.05, 0) is 26.2 Å². The Morgan fingerprint density at radius 1 is 1.50 bits per heavy atom. The molecule has 0 saturated carbocycles. The predicted molar refractivity (Wildman–Crippen MR) is 81.3 cm³/mol. The molecule has 0 bridgehead atoms. The van der Waals surface area contributed by atoms with Crippen molar-refractivity contribution in [1.29, 1.82) is 0 Å². The van der Waals surface area contributed by atoms with Crippen molar-refractivity contribution in [2.75, 3.05) is 13.7 Å². The van der Waals surface area contributed by atoms with E-state index in [0.717, 1.165) is 6.42 Å². The van der Waals surface area contributed by atoms with Gasteiger partial charge in [0.05, 0.1) is 6.10 Å². The number of aromatic nitrogens is 2. The molecular formula is C15H26N4O3. The average Bonchev–Trinajstić information content (AvgIpc) is 3.03. The molecule has 3 atom stereocenters. The highest BCUT2D eigenvalue weighted by atomic mass is 16.5. The molecule has 1 aliphatic heterocycles. The smallest absolute Gasteiger partial charge is 0.318 e. The average molecular weight is 310 g/mol. The van der Waals surface area contributed by atoms with Crippen LogP contribution in [0.15, 0.2) is 4.52 Å². The summed E-state index contributed by atoms with van der Waals surface area (Å²) in [5.41, 5.74) is 0. The molecule has 7 nitrogen and oxygen atoms in total. The highest BCUT2D eigenvalue weighted by molar-refractivity contribution is 5.75. The van der Waals surface area contributed by atoms with Crippen LogP contribution in [-0.2, 0) is 4.74 Å². The molecule has 0 aromatic carbocycles. The summed E-state index contributed by atoms with van der Waals surface area (Å²) < 4.78 is 10.7. The highest BCUT2D eigenvalue weighted by Crippen LogP contribution is 2.32. The number of aryl methyl sites for hydroxylation is 1. The Hall–Kier alpha value is -1.63. The van der Waals surface area contributed by atoms with Gasteiger partial charge in [0.25, 0.3) is 0 Å². The van der Waals surface area contributed by atoms with E-state index in [0.29, 0.717) is 30.6 Å². The number of amides is 2. The molecule has 2 rings (SSSR count). The van der Waals surface area contributed by atoms with Crippen molar-refractivity contribution in [2.24, 2.45) is 5.92 Å². The quantitative estimate of drug-likeness (QED) is 0.902. The molecule has 1 unspecified atom stereocenters. The zero-order chi connectivity index (χ0) is 16.3. The summed E-state index contributed by atoms with van der Waals surface area (Å²) in [5, 5.41) is 6.87. The minimum Gasteiger partial charge on any atom is -0.380 e. The first-order valence-electron chi connectivity index (χ1n) is 7.80. The number of hydrogen-bond acceptors (Lipinski definition) is 5. The van der Waals surface area contributed by atoms with E-state index >= 15 is 0 Å². The molecule has 1 aromatic rings. The van der Waals surface area contributed by atoms with Crippen LogP contribution in [0.3, 0.4) is 0 Å². The lowest BCUT2D eigenvalue weighted by Crippen LogP contribution is -2.44. The number of nitrogens with zero attached hydrogens (tertiary/aromatic N) is 3. The second kappa shape index (κ2) is 7.09. The third kappa shape index (κ3) is 3.97. The molecule has 22 heavy (non-hydrogen) atoms. The number of carbonyl (C=O) groups is 1. The third-order valence-electron chi connectivity index (χ3n) is 3.88. The third-order valence-corrected chi connectivity index (χ3v) is 3.88. The summed E-state index contributed by atoms with van der Waals surface area (Å²) >= 11 is 0. The van der Waals surface area contributed by atoms with Crippen molar-refractivity contribution in [3.8, 4) is 0 Å². The maximum absolute atomic E-state index is 12.6. The Balaban J connectivity index is 2.07. The maximum Gasteiger partial charge on any atom is 0.318 e. The fourth-order valence-electron chi connectivity index (χ4n) is 2.93. The van der Waals surface area contributed by atoms with E-state index in [1.54, 1.807) is 18.9 Å². The SMILES string of the molecule is CO[C@H]1C[C@H](c2nc(C)no2)N(C(=O)NC(C)CC(C)C)C1. The Labute approximate surface area is 131 Å². The second-order valence-electron chi connectivity index (χ2n) is 6.42. The topological polar surface area (TPSA) is 80.5 Å². The Kier molecular flexibility index (Phi) is 5.39. The van der Waals surface area contributed by atoms with Gasteiger partial charge >= 0.3 is 6.03 Å². The molecule has 1 N–H and O–H groups in total. The summed E-state index contributed by atoms with van der Waals surface area (Å²) in [6.07, 6.45) is 1.60. The van der Waals surface area contributed by atoms with Crippen molar-refractivity contribution in [3.05, 3.63) is 11.7 Å². The van der Waals surface area contributed by atoms with Crippen molar-refractivity contribution < 1.29 is 14.1 Å². The van der Waals surface area contributed by atoms with Gasteiger partial charge in [0, 0.05) is 26.1 Å². The van der Waals surface area contributed by atoms with E-state index in [1.807, 2.05) is 6.92 Å². The summed E-state index contributed by atoms with van der Waals surface area (Å²) in [7, 11) is 1.66. The van der Waals surface area contributed by atoms with Crippen LogP contribution in [0, 0.1) is 12.8 Å². The van der Waals surface area contributed by atoms with Crippen LogP contribution in [0.25, 0.3) is 0 Å². The molecule has 1 fully saturated rings. The van der Waals surface area contributed by atoms with Gasteiger partial charge in [0.1, 0.15) is 6.04 Å². The summed E-state index contributed by atoms with van der Waals surface area (Å²) in [6.45, 7) is 8.61. The van der Waals surface area contributed by atoms with E-state index in [9.17, 15) is 4.79 Å². The molecule has 1 saturated heterocycles. The number of rotatable bonds is 5. The molecule has 2 amide bonds. The summed E-state index contributed by atoms with van der Waals surface area (Å²) in [5.74, 6) is 1.59. The zero-order valence-electron chi connectivity index (χ0n) is 14.0. The number of likely N-dealkylation sites (tertiary alicyclic amines) is 1. The van der Waals surface area contributed by atoms with Crippen LogP contribution in [-0.4, -0.2) is 46.9 Å². The van der Waals surface area contributed by atoms with Crippen molar-refractivity contribution in [2.45, 2.75) is 58.7 Å². The van der Waals surface area contributed by atoms with Crippen LogP contribution in [0.1, 0.15) is 51.4 Å². The Morgan fingerprint density at radius 3 is 2.77 bits per heavy atom. The van der Waals surface area contributed by atoms with Gasteiger partial charge in [-0.1, -0.05) is 19.0 Å². The molecule has 1 aliphatic rings. The van der Waals surface area contributed by atoms with Crippen LogP contribution < -0.4 is 5.32 Å². The molecule has 2 heterocycles. The number of nitrogens with one attached hydrogen (secondary N) is 1. The number of urea groups is 1. The van der Waals surface area contributed by atoms with Crippen LogP contribution in [0.4, 0.5) is 4.79 Å². The second-order valence-corrected chi connectivity index (χ2v) is 6.42. The lowest BCUT2D eigenvalue weighted by molar-refractivity contribution is 0.110. The largest absolute Gasteiger partial charge is 0.380 e. The highest BCUT2D eigenvalue weighted by Gasteiger charge is 2.39. The lowest BCUT2D eigenvalue weighted by atomic mass is 10.1. The lowest BCUT2D eigenvalue weighted by Gasteiger charge is -2.25. The number of ether oxygens (including phenoxy) is 1. The van der Waals surface area contributed by atoms with E-state index in [1.165, 1.54) is 0 Å². The number of carbonyl (C=O) groups excluding carboxylic acids is 1. The first-order valence-corrected chi connectivity index (χ1v) is 7.80. The molecule has 0 radical (unpaired) electrons. The number of hydrogen-bond donors (Lipinski definition) is 1. The first kappa shape index (κ1) is 16.7.